The topological polar surface area (TPSA) is 46.2 Å². The lowest BCUT2D eigenvalue weighted by Gasteiger charge is -2.17. The maximum atomic E-state index is 12.0. The van der Waals surface area contributed by atoms with Crippen molar-refractivity contribution < 1.29 is 9.59 Å². The van der Waals surface area contributed by atoms with Gasteiger partial charge in [0.25, 0.3) is 0 Å². The molecule has 1 amide bonds. The summed E-state index contributed by atoms with van der Waals surface area (Å²) in [5, 5.41) is 2.69. The molecule has 94 valence electrons. The number of ketones is 1. The zero-order valence-corrected chi connectivity index (χ0v) is 10.5. The molecule has 0 saturated carbocycles. The third-order valence-corrected chi connectivity index (χ3v) is 2.45. The molecule has 1 unspecified atom stereocenters. The van der Waals surface area contributed by atoms with Gasteiger partial charge in [-0.2, -0.15) is 0 Å². The molecule has 0 saturated heterocycles. The molecule has 0 bridgehead atoms. The normalized spacial score (nSPS) is 11.4. The average Bonchev–Trinajstić information content (AvgIpc) is 2.36. The summed E-state index contributed by atoms with van der Waals surface area (Å²) in [6.45, 7) is 8.77. The number of carbonyl (C=O) groups excluding carboxylic acids is 2. The van der Waals surface area contributed by atoms with Crippen molar-refractivity contribution in [2.24, 2.45) is 0 Å². The van der Waals surface area contributed by atoms with Gasteiger partial charge in [-0.05, 0) is 18.1 Å². The van der Waals surface area contributed by atoms with Crippen LogP contribution in [0, 0.1) is 0 Å². The summed E-state index contributed by atoms with van der Waals surface area (Å²) < 4.78 is 0. The van der Waals surface area contributed by atoms with Gasteiger partial charge in [0, 0.05) is 6.42 Å². The van der Waals surface area contributed by atoms with E-state index in [1.165, 1.54) is 6.08 Å². The maximum absolute atomic E-state index is 12.0. The molecule has 0 radical (unpaired) electrons. The molecular weight excluding hydrogens is 226 g/mol. The first-order valence-corrected chi connectivity index (χ1v) is 5.71. The predicted molar refractivity (Wildman–Crippen MR) is 72.0 cm³/mol. The Morgan fingerprint density at radius 2 is 1.94 bits per heavy atom. The van der Waals surface area contributed by atoms with Crippen molar-refractivity contribution in [3.8, 4) is 0 Å². The second-order valence-corrected chi connectivity index (χ2v) is 4.05. The van der Waals surface area contributed by atoms with Crippen LogP contribution in [0.5, 0.6) is 0 Å². The minimum atomic E-state index is -0.670. The van der Waals surface area contributed by atoms with Crippen LogP contribution in [0.2, 0.25) is 0 Å². The van der Waals surface area contributed by atoms with Crippen LogP contribution in [0.3, 0.4) is 0 Å². The van der Waals surface area contributed by atoms with Gasteiger partial charge >= 0.3 is 0 Å². The van der Waals surface area contributed by atoms with Crippen molar-refractivity contribution in [2.75, 3.05) is 0 Å². The molecule has 1 aromatic carbocycles. The monoisotopic (exact) mass is 243 g/mol. The zero-order valence-electron chi connectivity index (χ0n) is 10.5. The van der Waals surface area contributed by atoms with Crippen LogP contribution in [-0.4, -0.2) is 11.7 Å². The van der Waals surface area contributed by atoms with Crippen molar-refractivity contribution >= 4 is 11.7 Å². The smallest absolute Gasteiger partial charge is 0.224 e. The van der Waals surface area contributed by atoms with Gasteiger partial charge < -0.3 is 5.32 Å². The molecule has 1 atom stereocenters. The van der Waals surface area contributed by atoms with Gasteiger partial charge in [0.2, 0.25) is 5.91 Å². The molecule has 1 rings (SSSR count). The molecule has 1 aromatic rings. The Hall–Kier alpha value is -2.16. The molecule has 0 aliphatic carbocycles. The van der Waals surface area contributed by atoms with Gasteiger partial charge in [-0.25, -0.2) is 0 Å². The first-order chi connectivity index (χ1) is 8.56. The van der Waals surface area contributed by atoms with E-state index in [1.807, 2.05) is 18.2 Å². The number of amides is 1. The summed E-state index contributed by atoms with van der Waals surface area (Å²) in [7, 11) is 0. The Kier molecular flexibility index (Phi) is 5.06. The fourth-order valence-electron chi connectivity index (χ4n) is 1.54. The predicted octanol–water partition coefficient (Wildman–Crippen LogP) is 2.57. The van der Waals surface area contributed by atoms with Gasteiger partial charge in [-0.15, -0.1) is 6.58 Å². The maximum Gasteiger partial charge on any atom is 0.224 e. The Morgan fingerprint density at radius 3 is 2.44 bits per heavy atom. The summed E-state index contributed by atoms with van der Waals surface area (Å²) in [5.74, 6) is -0.410. The van der Waals surface area contributed by atoms with Crippen molar-refractivity contribution in [3.63, 3.8) is 0 Å². The van der Waals surface area contributed by atoms with Gasteiger partial charge in [-0.1, -0.05) is 43.0 Å². The van der Waals surface area contributed by atoms with E-state index in [9.17, 15) is 9.59 Å². The summed E-state index contributed by atoms with van der Waals surface area (Å²) in [6.07, 6.45) is 1.69. The largest absolute Gasteiger partial charge is 0.342 e. The van der Waals surface area contributed by atoms with Crippen LogP contribution in [0.1, 0.15) is 24.9 Å². The molecule has 18 heavy (non-hydrogen) atoms. The molecule has 3 nitrogen and oxygen atoms in total. The number of Topliss-reactive ketones (excluding diaryl/α,β-unsaturated/α-hetero) is 1. The Balaban J connectivity index is 2.96. The number of hydrogen-bond acceptors (Lipinski definition) is 2. The van der Waals surface area contributed by atoms with E-state index >= 15 is 0 Å². The van der Waals surface area contributed by atoms with E-state index < -0.39 is 6.04 Å². The van der Waals surface area contributed by atoms with Gasteiger partial charge in [0.15, 0.2) is 5.78 Å². The fourth-order valence-corrected chi connectivity index (χ4v) is 1.54. The molecule has 0 spiro atoms. The Labute approximate surface area is 107 Å². The highest BCUT2D eigenvalue weighted by atomic mass is 16.2. The van der Waals surface area contributed by atoms with Gasteiger partial charge in [-0.3, -0.25) is 9.59 Å². The third-order valence-electron chi connectivity index (χ3n) is 2.45. The van der Waals surface area contributed by atoms with Crippen LogP contribution in [0.15, 0.2) is 55.1 Å². The number of hydrogen-bond donors (Lipinski definition) is 1. The van der Waals surface area contributed by atoms with E-state index in [-0.39, 0.29) is 18.1 Å². The lowest BCUT2D eigenvalue weighted by Crippen LogP contribution is -2.33. The van der Waals surface area contributed by atoms with Crippen LogP contribution in [0.25, 0.3) is 0 Å². The molecule has 0 fully saturated rings. The van der Waals surface area contributed by atoms with E-state index in [4.69, 9.17) is 0 Å². The molecule has 0 aliphatic heterocycles. The molecular formula is C15H17NO2. The van der Waals surface area contributed by atoms with E-state index in [0.29, 0.717) is 5.57 Å². The minimum absolute atomic E-state index is 0.182. The number of nitrogens with one attached hydrogen (secondary N) is 1. The van der Waals surface area contributed by atoms with Crippen molar-refractivity contribution in [1.82, 2.24) is 5.32 Å². The van der Waals surface area contributed by atoms with Crippen molar-refractivity contribution in [1.29, 1.82) is 0 Å². The first-order valence-electron chi connectivity index (χ1n) is 5.71. The van der Waals surface area contributed by atoms with E-state index in [2.05, 4.69) is 18.5 Å². The molecule has 0 aromatic heterocycles. The second kappa shape index (κ2) is 6.55. The zero-order chi connectivity index (χ0) is 13.5. The third kappa shape index (κ3) is 3.70. The highest BCUT2D eigenvalue weighted by molar-refractivity contribution is 6.01. The van der Waals surface area contributed by atoms with E-state index in [1.54, 1.807) is 19.1 Å². The van der Waals surface area contributed by atoms with Crippen LogP contribution >= 0.6 is 0 Å². The Bertz CT molecular complexity index is 463. The molecule has 3 heteroatoms. The highest BCUT2D eigenvalue weighted by Gasteiger charge is 2.22. The van der Waals surface area contributed by atoms with Gasteiger partial charge in [0.1, 0.15) is 6.04 Å². The quantitative estimate of drug-likeness (QED) is 0.616. The molecule has 1 N–H and O–H groups in total. The number of benzene rings is 1. The lowest BCUT2D eigenvalue weighted by atomic mass is 9.99. The summed E-state index contributed by atoms with van der Waals surface area (Å²) in [6, 6.07) is 8.45. The minimum Gasteiger partial charge on any atom is -0.342 e. The van der Waals surface area contributed by atoms with Crippen LogP contribution in [0.4, 0.5) is 0 Å². The number of carbonyl (C=O) groups is 2. The second-order valence-electron chi connectivity index (χ2n) is 4.05. The average molecular weight is 243 g/mol. The highest BCUT2D eigenvalue weighted by Crippen LogP contribution is 2.17. The summed E-state index contributed by atoms with van der Waals surface area (Å²) >= 11 is 0. The summed E-state index contributed by atoms with van der Waals surface area (Å²) in [5.41, 5.74) is 1.17. The lowest BCUT2D eigenvalue weighted by molar-refractivity contribution is -0.125. The van der Waals surface area contributed by atoms with Crippen LogP contribution < -0.4 is 5.32 Å². The van der Waals surface area contributed by atoms with E-state index in [0.717, 1.165) is 5.56 Å². The molecule has 0 heterocycles. The Morgan fingerprint density at radius 1 is 1.33 bits per heavy atom. The molecule has 0 aliphatic rings. The van der Waals surface area contributed by atoms with Crippen molar-refractivity contribution in [3.05, 3.63) is 60.7 Å². The standard InChI is InChI=1S/C15H17NO2/c1-4-8-13(17)16-14(15(18)11(2)3)12-9-6-5-7-10-12/h4-7,9-10,14H,1-2,8H2,3H3,(H,16,17). The van der Waals surface area contributed by atoms with Gasteiger partial charge in [0.05, 0.1) is 0 Å². The number of rotatable bonds is 6. The SMILES string of the molecule is C=CCC(=O)NC(C(=O)C(=C)C)c1ccccc1. The van der Waals surface area contributed by atoms with Crippen LogP contribution in [-0.2, 0) is 9.59 Å². The summed E-state index contributed by atoms with van der Waals surface area (Å²) in [4.78, 5) is 23.6. The van der Waals surface area contributed by atoms with Crippen molar-refractivity contribution in [2.45, 2.75) is 19.4 Å². The first kappa shape index (κ1) is 13.9. The fraction of sp³-hybridized carbons (Fsp3) is 0.200.